The second kappa shape index (κ2) is 6.75. The zero-order valence-corrected chi connectivity index (χ0v) is 13.1. The largest absolute Gasteiger partial charge is 0.462 e. The first-order chi connectivity index (χ1) is 10.0. The number of aromatic nitrogens is 1. The number of nitrogens with zero attached hydrogens (tertiary/aromatic N) is 3. The molecule has 1 aliphatic rings. The van der Waals surface area contributed by atoms with Crippen molar-refractivity contribution in [3.63, 3.8) is 0 Å². The zero-order valence-electron chi connectivity index (χ0n) is 12.3. The standard InChI is InChI=1S/C13H20N4O3S/c1-3-20-13(19)10-11(14)15-21-12(10)17-6-4-5-16(7-8-17)9(2)18/h3-8H2,1-2H3,(H2,14,15). The highest BCUT2D eigenvalue weighted by Gasteiger charge is 2.26. The number of rotatable bonds is 3. The van der Waals surface area contributed by atoms with Crippen molar-refractivity contribution in [2.45, 2.75) is 20.3 Å². The fourth-order valence-corrected chi connectivity index (χ4v) is 3.19. The van der Waals surface area contributed by atoms with Crippen molar-refractivity contribution in [1.29, 1.82) is 0 Å². The van der Waals surface area contributed by atoms with Crippen molar-refractivity contribution in [3.8, 4) is 0 Å². The number of amides is 1. The Kier molecular flexibility index (Phi) is 5.00. The molecule has 7 nitrogen and oxygen atoms in total. The van der Waals surface area contributed by atoms with E-state index in [1.165, 1.54) is 11.5 Å². The van der Waals surface area contributed by atoms with Crippen molar-refractivity contribution in [3.05, 3.63) is 5.56 Å². The summed E-state index contributed by atoms with van der Waals surface area (Å²) in [4.78, 5) is 27.4. The molecule has 116 valence electrons. The minimum absolute atomic E-state index is 0.0753. The second-order valence-corrected chi connectivity index (χ2v) is 5.57. The van der Waals surface area contributed by atoms with Crippen LogP contribution in [0, 0.1) is 0 Å². The predicted octanol–water partition coefficient (Wildman–Crippen LogP) is 0.961. The van der Waals surface area contributed by atoms with Crippen LogP contribution in [0.25, 0.3) is 0 Å². The van der Waals surface area contributed by atoms with E-state index in [0.29, 0.717) is 25.3 Å². The maximum absolute atomic E-state index is 12.0. The number of anilines is 2. The summed E-state index contributed by atoms with van der Waals surface area (Å²) in [6.45, 7) is 6.41. The van der Waals surface area contributed by atoms with Crippen LogP contribution in [0.1, 0.15) is 30.6 Å². The van der Waals surface area contributed by atoms with E-state index in [4.69, 9.17) is 10.5 Å². The minimum Gasteiger partial charge on any atom is -0.462 e. The number of esters is 1. The Hall–Kier alpha value is -1.83. The Labute approximate surface area is 127 Å². The Morgan fingerprint density at radius 1 is 1.33 bits per heavy atom. The fourth-order valence-electron chi connectivity index (χ4n) is 2.34. The summed E-state index contributed by atoms with van der Waals surface area (Å²) in [5.74, 6) is -0.154. The van der Waals surface area contributed by atoms with Crippen molar-refractivity contribution < 1.29 is 14.3 Å². The molecule has 0 unspecified atom stereocenters. The summed E-state index contributed by atoms with van der Waals surface area (Å²) < 4.78 is 9.12. The summed E-state index contributed by atoms with van der Waals surface area (Å²) >= 11 is 1.20. The van der Waals surface area contributed by atoms with Crippen LogP contribution in [0.3, 0.4) is 0 Å². The molecule has 0 saturated carbocycles. The first kappa shape index (κ1) is 15.6. The first-order valence-electron chi connectivity index (χ1n) is 6.97. The van der Waals surface area contributed by atoms with E-state index in [9.17, 15) is 9.59 Å². The quantitative estimate of drug-likeness (QED) is 0.836. The van der Waals surface area contributed by atoms with Gasteiger partial charge < -0.3 is 20.3 Å². The van der Waals surface area contributed by atoms with Crippen molar-refractivity contribution in [2.75, 3.05) is 43.4 Å². The van der Waals surface area contributed by atoms with E-state index in [-0.39, 0.29) is 11.7 Å². The molecular weight excluding hydrogens is 292 g/mol. The van der Waals surface area contributed by atoms with Gasteiger partial charge in [-0.05, 0) is 24.9 Å². The van der Waals surface area contributed by atoms with Crippen LogP contribution in [0.2, 0.25) is 0 Å². The Morgan fingerprint density at radius 3 is 2.76 bits per heavy atom. The van der Waals surface area contributed by atoms with Crippen LogP contribution in [0.4, 0.5) is 10.8 Å². The van der Waals surface area contributed by atoms with Gasteiger partial charge in [0.1, 0.15) is 10.6 Å². The zero-order chi connectivity index (χ0) is 15.4. The molecule has 1 saturated heterocycles. The van der Waals surface area contributed by atoms with E-state index in [0.717, 1.165) is 24.5 Å². The topological polar surface area (TPSA) is 88.8 Å². The van der Waals surface area contributed by atoms with E-state index in [2.05, 4.69) is 9.27 Å². The average Bonchev–Trinajstić information content (AvgIpc) is 2.67. The Balaban J connectivity index is 2.18. The summed E-state index contributed by atoms with van der Waals surface area (Å²) in [6, 6.07) is 0. The van der Waals surface area contributed by atoms with Crippen molar-refractivity contribution in [2.24, 2.45) is 0 Å². The summed E-state index contributed by atoms with van der Waals surface area (Å²) in [7, 11) is 0. The smallest absolute Gasteiger partial charge is 0.345 e. The van der Waals surface area contributed by atoms with E-state index >= 15 is 0 Å². The lowest BCUT2D eigenvalue weighted by molar-refractivity contribution is -0.128. The predicted molar refractivity (Wildman–Crippen MR) is 81.6 cm³/mol. The van der Waals surface area contributed by atoms with Crippen molar-refractivity contribution in [1.82, 2.24) is 9.27 Å². The van der Waals surface area contributed by atoms with Gasteiger partial charge in [0.25, 0.3) is 0 Å². The lowest BCUT2D eigenvalue weighted by Gasteiger charge is -2.22. The van der Waals surface area contributed by atoms with Crippen LogP contribution in [-0.4, -0.2) is 53.9 Å². The third-order valence-electron chi connectivity index (χ3n) is 3.41. The summed E-state index contributed by atoms with van der Waals surface area (Å²) in [6.07, 6.45) is 0.847. The molecular formula is C13H20N4O3S. The van der Waals surface area contributed by atoms with Crippen LogP contribution < -0.4 is 10.6 Å². The maximum Gasteiger partial charge on any atom is 0.345 e. The number of nitrogen functional groups attached to an aromatic ring is 1. The molecule has 2 heterocycles. The average molecular weight is 312 g/mol. The van der Waals surface area contributed by atoms with Gasteiger partial charge in [-0.1, -0.05) is 0 Å². The molecule has 1 aromatic heterocycles. The number of hydrogen-bond donors (Lipinski definition) is 1. The van der Waals surface area contributed by atoms with Gasteiger partial charge >= 0.3 is 5.97 Å². The van der Waals surface area contributed by atoms with E-state index < -0.39 is 5.97 Å². The van der Waals surface area contributed by atoms with Gasteiger partial charge in [-0.25, -0.2) is 4.79 Å². The highest BCUT2D eigenvalue weighted by atomic mass is 32.1. The third-order valence-corrected chi connectivity index (χ3v) is 4.33. The number of ether oxygens (including phenoxy) is 1. The summed E-state index contributed by atoms with van der Waals surface area (Å²) in [5.41, 5.74) is 6.15. The van der Waals surface area contributed by atoms with Gasteiger partial charge in [0, 0.05) is 33.1 Å². The van der Waals surface area contributed by atoms with Crippen LogP contribution >= 0.6 is 11.5 Å². The molecule has 0 atom stereocenters. The maximum atomic E-state index is 12.0. The minimum atomic E-state index is -0.438. The van der Waals surface area contributed by atoms with Crippen LogP contribution in [-0.2, 0) is 9.53 Å². The molecule has 0 aliphatic carbocycles. The molecule has 8 heteroatoms. The molecule has 1 aromatic rings. The molecule has 0 spiro atoms. The molecule has 1 fully saturated rings. The lowest BCUT2D eigenvalue weighted by Crippen LogP contribution is -2.33. The lowest BCUT2D eigenvalue weighted by atomic mass is 10.3. The Bertz CT molecular complexity index is 531. The van der Waals surface area contributed by atoms with Crippen molar-refractivity contribution >= 4 is 34.2 Å². The monoisotopic (exact) mass is 312 g/mol. The number of carbonyl (C=O) groups is 2. The number of hydrogen-bond acceptors (Lipinski definition) is 7. The molecule has 2 rings (SSSR count). The second-order valence-electron chi connectivity index (χ2n) is 4.82. The summed E-state index contributed by atoms with van der Waals surface area (Å²) in [5, 5.41) is 0.733. The Morgan fingerprint density at radius 2 is 2.10 bits per heavy atom. The van der Waals surface area contributed by atoms with E-state index in [1.54, 1.807) is 13.8 Å². The fraction of sp³-hybridized carbons (Fsp3) is 0.615. The molecule has 21 heavy (non-hydrogen) atoms. The molecule has 1 aliphatic heterocycles. The van der Waals surface area contributed by atoms with E-state index in [1.807, 2.05) is 4.90 Å². The normalized spacial score (nSPS) is 15.7. The molecule has 1 amide bonds. The molecule has 2 N–H and O–H groups in total. The highest BCUT2D eigenvalue weighted by Crippen LogP contribution is 2.31. The molecule has 0 aromatic carbocycles. The van der Waals surface area contributed by atoms with Gasteiger partial charge in [0.15, 0.2) is 5.82 Å². The van der Waals surface area contributed by atoms with Gasteiger partial charge in [-0.15, -0.1) is 0 Å². The van der Waals surface area contributed by atoms with Gasteiger partial charge in [0.05, 0.1) is 6.61 Å². The van der Waals surface area contributed by atoms with Gasteiger partial charge in [-0.2, -0.15) is 4.37 Å². The third kappa shape index (κ3) is 3.44. The van der Waals surface area contributed by atoms with Gasteiger partial charge in [0.2, 0.25) is 5.91 Å². The van der Waals surface area contributed by atoms with Crippen LogP contribution in [0.15, 0.2) is 0 Å². The number of carbonyl (C=O) groups excluding carboxylic acids is 2. The van der Waals surface area contributed by atoms with Crippen LogP contribution in [0.5, 0.6) is 0 Å². The van der Waals surface area contributed by atoms with Gasteiger partial charge in [-0.3, -0.25) is 4.79 Å². The SMILES string of the molecule is CCOC(=O)c1c(N)nsc1N1CCCN(C(C)=O)CC1. The number of nitrogens with two attached hydrogens (primary N) is 1. The first-order valence-corrected chi connectivity index (χ1v) is 7.74. The molecule has 0 radical (unpaired) electrons. The highest BCUT2D eigenvalue weighted by molar-refractivity contribution is 7.11. The molecule has 0 bridgehead atoms.